The lowest BCUT2D eigenvalue weighted by molar-refractivity contribution is 0.214. The molecule has 0 bridgehead atoms. The molecule has 1 heterocycles. The third-order valence-corrected chi connectivity index (χ3v) is 9.20. The van der Waals surface area contributed by atoms with Crippen LogP contribution in [-0.2, 0) is 4.74 Å². The van der Waals surface area contributed by atoms with Gasteiger partial charge in [-0.2, -0.15) is 0 Å². The van der Waals surface area contributed by atoms with Gasteiger partial charge in [0.15, 0.2) is 0 Å². The van der Waals surface area contributed by atoms with Crippen molar-refractivity contribution in [2.24, 2.45) is 0 Å². The summed E-state index contributed by atoms with van der Waals surface area (Å²) < 4.78 is 6.21. The summed E-state index contributed by atoms with van der Waals surface area (Å²) in [5, 5.41) is 4.13. The van der Waals surface area contributed by atoms with E-state index < -0.39 is 7.26 Å². The monoisotopic (exact) mass is 373 g/mol. The van der Waals surface area contributed by atoms with Gasteiger partial charge in [-0.3, -0.25) is 0 Å². The Hall–Kier alpha value is -2.37. The second kappa shape index (κ2) is 8.55. The van der Waals surface area contributed by atoms with Crippen LogP contribution < -0.4 is 15.9 Å². The number of allylic oxidation sites excluding steroid dienone is 1. The number of hydrogen-bond donors (Lipinski definition) is 0. The van der Waals surface area contributed by atoms with Crippen molar-refractivity contribution in [3.05, 3.63) is 103 Å². The molecule has 0 aromatic heterocycles. The van der Waals surface area contributed by atoms with E-state index in [4.69, 9.17) is 4.74 Å². The largest absolute Gasteiger partial charge is 0.494 e. The van der Waals surface area contributed by atoms with Gasteiger partial charge in [0.25, 0.3) is 0 Å². The van der Waals surface area contributed by atoms with E-state index in [0.717, 1.165) is 25.2 Å². The molecule has 0 saturated carbocycles. The lowest BCUT2D eigenvalue weighted by atomic mass is 10.2. The molecule has 0 aliphatic carbocycles. The molecule has 1 aliphatic heterocycles. The molecule has 136 valence electrons. The zero-order valence-corrected chi connectivity index (χ0v) is 16.5. The van der Waals surface area contributed by atoms with Gasteiger partial charge in [0.2, 0.25) is 0 Å². The van der Waals surface area contributed by atoms with Crippen molar-refractivity contribution in [3.8, 4) is 0 Å². The molecule has 3 aromatic carbocycles. The van der Waals surface area contributed by atoms with Crippen LogP contribution in [-0.4, -0.2) is 6.61 Å². The van der Waals surface area contributed by atoms with Crippen LogP contribution in [0.4, 0.5) is 0 Å². The van der Waals surface area contributed by atoms with E-state index in [1.54, 1.807) is 0 Å². The standard InChI is InChI=1S/C25H26OP/c1-6-14-23(15-7-1)27(24-16-8-2-9-17-24,25-18-10-3-11-19-25)21-22-13-5-4-12-20-26-22/h1-3,6-11,14-19,21H,4-5,12-13,20H2/q+1. The molecular weight excluding hydrogens is 347 g/mol. The van der Waals surface area contributed by atoms with Crippen LogP contribution in [0.15, 0.2) is 103 Å². The van der Waals surface area contributed by atoms with Crippen LogP contribution in [0.5, 0.6) is 0 Å². The van der Waals surface area contributed by atoms with Crippen LogP contribution in [0.3, 0.4) is 0 Å². The highest BCUT2D eigenvalue weighted by Crippen LogP contribution is 2.58. The topological polar surface area (TPSA) is 9.23 Å². The molecule has 1 nitrogen and oxygen atoms in total. The van der Waals surface area contributed by atoms with Crippen molar-refractivity contribution in [3.63, 3.8) is 0 Å². The Morgan fingerprint density at radius 3 is 1.56 bits per heavy atom. The molecule has 0 amide bonds. The summed E-state index contributed by atoms with van der Waals surface area (Å²) in [7, 11) is -1.93. The number of benzene rings is 3. The molecule has 1 saturated heterocycles. The molecule has 0 unspecified atom stereocenters. The smallest absolute Gasteiger partial charge is 0.140 e. The van der Waals surface area contributed by atoms with Gasteiger partial charge in [-0.1, -0.05) is 54.6 Å². The second-order valence-electron chi connectivity index (χ2n) is 6.98. The number of hydrogen-bond acceptors (Lipinski definition) is 1. The number of rotatable bonds is 4. The third kappa shape index (κ3) is 3.84. The first-order valence-corrected chi connectivity index (χ1v) is 11.7. The first-order valence-electron chi connectivity index (χ1n) is 9.80. The summed E-state index contributed by atoms with van der Waals surface area (Å²) in [6, 6.07) is 32.9. The van der Waals surface area contributed by atoms with Crippen molar-refractivity contribution in [2.45, 2.75) is 25.7 Å². The Bertz CT molecular complexity index is 765. The summed E-state index contributed by atoms with van der Waals surface area (Å²) >= 11 is 0. The molecule has 2 heteroatoms. The minimum atomic E-state index is -1.93. The van der Waals surface area contributed by atoms with Gasteiger partial charge in [0.05, 0.1) is 6.61 Å². The fourth-order valence-electron chi connectivity index (χ4n) is 3.83. The Morgan fingerprint density at radius 1 is 0.593 bits per heavy atom. The maximum atomic E-state index is 6.21. The highest BCUT2D eigenvalue weighted by atomic mass is 31.2. The van der Waals surface area contributed by atoms with Crippen LogP contribution in [0, 0.1) is 0 Å². The molecular formula is C25H26OP+. The second-order valence-corrected chi connectivity index (χ2v) is 10.2. The maximum Gasteiger partial charge on any atom is 0.140 e. The maximum absolute atomic E-state index is 6.21. The van der Waals surface area contributed by atoms with Crippen LogP contribution in [0.1, 0.15) is 25.7 Å². The highest BCUT2D eigenvalue weighted by molar-refractivity contribution is 7.98. The predicted molar refractivity (Wildman–Crippen MR) is 118 cm³/mol. The van der Waals surface area contributed by atoms with Gasteiger partial charge in [-0.05, 0) is 55.7 Å². The van der Waals surface area contributed by atoms with Crippen molar-refractivity contribution in [1.82, 2.24) is 0 Å². The molecule has 0 atom stereocenters. The first kappa shape index (κ1) is 18.0. The van der Waals surface area contributed by atoms with Gasteiger partial charge in [-0.25, -0.2) is 0 Å². The zero-order valence-electron chi connectivity index (χ0n) is 15.6. The lowest BCUT2D eigenvalue weighted by Crippen LogP contribution is -2.30. The van der Waals surface area contributed by atoms with Gasteiger partial charge >= 0.3 is 0 Å². The summed E-state index contributed by atoms with van der Waals surface area (Å²) in [5.41, 5.74) is 0. The molecule has 0 N–H and O–H groups in total. The third-order valence-electron chi connectivity index (χ3n) is 5.18. The Balaban J connectivity index is 1.99. The van der Waals surface area contributed by atoms with E-state index in [0.29, 0.717) is 0 Å². The Labute approximate surface area is 163 Å². The molecule has 27 heavy (non-hydrogen) atoms. The molecule has 1 fully saturated rings. The number of ether oxygens (including phenoxy) is 1. The molecule has 4 rings (SSSR count). The van der Waals surface area contributed by atoms with E-state index in [1.165, 1.54) is 28.8 Å². The van der Waals surface area contributed by atoms with E-state index >= 15 is 0 Å². The van der Waals surface area contributed by atoms with Crippen molar-refractivity contribution in [1.29, 1.82) is 0 Å². The molecule has 0 spiro atoms. The van der Waals surface area contributed by atoms with E-state index in [-0.39, 0.29) is 0 Å². The van der Waals surface area contributed by atoms with Crippen LogP contribution >= 0.6 is 7.26 Å². The predicted octanol–water partition coefficient (Wildman–Crippen LogP) is 5.41. The highest BCUT2D eigenvalue weighted by Gasteiger charge is 2.44. The fourth-order valence-corrected chi connectivity index (χ4v) is 7.74. The van der Waals surface area contributed by atoms with Gasteiger partial charge < -0.3 is 4.74 Å². The van der Waals surface area contributed by atoms with Crippen molar-refractivity contribution >= 4 is 23.2 Å². The average Bonchev–Trinajstić information content (AvgIpc) is 3.02. The van der Waals surface area contributed by atoms with Crippen LogP contribution in [0.2, 0.25) is 0 Å². The van der Waals surface area contributed by atoms with Crippen LogP contribution in [0.25, 0.3) is 0 Å². The molecule has 3 aromatic rings. The van der Waals surface area contributed by atoms with E-state index in [1.807, 2.05) is 0 Å². The Kier molecular flexibility index (Phi) is 5.70. The average molecular weight is 373 g/mol. The van der Waals surface area contributed by atoms with Gasteiger partial charge in [-0.15, -0.1) is 0 Å². The first-order chi connectivity index (χ1) is 13.4. The van der Waals surface area contributed by atoms with E-state index in [9.17, 15) is 0 Å². The molecule has 1 aliphatic rings. The summed E-state index contributed by atoms with van der Waals surface area (Å²) in [5.74, 6) is 3.65. The summed E-state index contributed by atoms with van der Waals surface area (Å²) in [6.45, 7) is 0.838. The fraction of sp³-hybridized carbons (Fsp3) is 0.200. The lowest BCUT2D eigenvalue weighted by Gasteiger charge is -2.25. The van der Waals surface area contributed by atoms with Gasteiger partial charge in [0, 0.05) is 6.42 Å². The van der Waals surface area contributed by atoms with Crippen molar-refractivity contribution < 1.29 is 4.74 Å². The SMILES string of the molecule is C(=C1CCCCCO1)[P+](c1ccccc1)(c1ccccc1)c1ccccc1. The minimum absolute atomic E-state index is 0.838. The van der Waals surface area contributed by atoms with Gasteiger partial charge in [0.1, 0.15) is 34.8 Å². The summed E-state index contributed by atoms with van der Waals surface area (Å²) in [6.07, 6.45) is 4.66. The molecule has 0 radical (unpaired) electrons. The summed E-state index contributed by atoms with van der Waals surface area (Å²) in [4.78, 5) is 0. The normalized spacial score (nSPS) is 16.5. The Morgan fingerprint density at radius 2 is 1.07 bits per heavy atom. The quantitative estimate of drug-likeness (QED) is 0.556. The van der Waals surface area contributed by atoms with E-state index in [2.05, 4.69) is 96.8 Å². The minimum Gasteiger partial charge on any atom is -0.494 e. The van der Waals surface area contributed by atoms with Crippen molar-refractivity contribution in [2.75, 3.05) is 6.61 Å². The zero-order chi connectivity index (χ0) is 18.4.